The van der Waals surface area contributed by atoms with E-state index in [2.05, 4.69) is 11.7 Å². The molecule has 3 aliphatic carbocycles. The lowest BCUT2D eigenvalue weighted by molar-refractivity contribution is -0.160. The second-order valence-electron chi connectivity index (χ2n) is 11.0. The van der Waals surface area contributed by atoms with E-state index in [-0.39, 0.29) is 23.7 Å². The van der Waals surface area contributed by atoms with E-state index < -0.39 is 11.4 Å². The first-order chi connectivity index (χ1) is 17.7. The summed E-state index contributed by atoms with van der Waals surface area (Å²) in [7, 11) is 0. The van der Waals surface area contributed by atoms with Crippen molar-refractivity contribution in [2.24, 2.45) is 15.8 Å². The van der Waals surface area contributed by atoms with Gasteiger partial charge in [0.15, 0.2) is 0 Å². The lowest BCUT2D eigenvalue weighted by Gasteiger charge is -2.51. The second kappa shape index (κ2) is 9.75. The topological polar surface area (TPSA) is 74.9 Å². The SMILES string of the molecule is C=Nc1c(/C=C\C)c2c(n1Cc1ccc(Cl)cc1F)CN(C(=O)CC13CCC(C(=O)O)(CC1)CC3)CC2. The van der Waals surface area contributed by atoms with E-state index >= 15 is 0 Å². The molecule has 196 valence electrons. The summed E-state index contributed by atoms with van der Waals surface area (Å²) in [5.41, 5.74) is 2.87. The molecule has 1 aromatic heterocycles. The van der Waals surface area contributed by atoms with Crippen molar-refractivity contribution in [3.05, 3.63) is 57.5 Å². The van der Waals surface area contributed by atoms with Crippen LogP contribution in [0.2, 0.25) is 5.02 Å². The van der Waals surface area contributed by atoms with Crippen LogP contribution in [0.25, 0.3) is 6.08 Å². The van der Waals surface area contributed by atoms with Gasteiger partial charge >= 0.3 is 5.97 Å². The molecule has 6 rings (SSSR count). The van der Waals surface area contributed by atoms with Gasteiger partial charge in [0.25, 0.3) is 0 Å². The van der Waals surface area contributed by atoms with E-state index in [9.17, 15) is 19.1 Å². The fourth-order valence-electron chi connectivity index (χ4n) is 6.69. The summed E-state index contributed by atoms with van der Waals surface area (Å²) in [4.78, 5) is 31.6. The number of amides is 1. The number of aromatic nitrogens is 1. The minimum atomic E-state index is -0.683. The molecule has 2 aromatic rings. The minimum absolute atomic E-state index is 0.0903. The Balaban J connectivity index is 1.41. The molecule has 37 heavy (non-hydrogen) atoms. The van der Waals surface area contributed by atoms with Gasteiger partial charge < -0.3 is 14.6 Å². The van der Waals surface area contributed by atoms with Crippen molar-refractivity contribution in [1.29, 1.82) is 0 Å². The molecule has 1 aliphatic heterocycles. The molecule has 6 nitrogen and oxygen atoms in total. The average molecular weight is 526 g/mol. The number of allylic oxidation sites excluding steroid dienone is 1. The van der Waals surface area contributed by atoms with Crippen LogP contribution in [0, 0.1) is 16.6 Å². The van der Waals surface area contributed by atoms with Crippen molar-refractivity contribution in [3.8, 4) is 0 Å². The van der Waals surface area contributed by atoms with Crippen LogP contribution in [0.3, 0.4) is 0 Å². The summed E-state index contributed by atoms with van der Waals surface area (Å²) in [5.74, 6) is -0.277. The number of rotatable bonds is 7. The minimum Gasteiger partial charge on any atom is -0.481 e. The molecule has 1 N–H and O–H groups in total. The number of nitrogens with zero attached hydrogens (tertiary/aromatic N) is 3. The van der Waals surface area contributed by atoms with Crippen molar-refractivity contribution >= 4 is 42.1 Å². The van der Waals surface area contributed by atoms with Crippen molar-refractivity contribution in [3.63, 3.8) is 0 Å². The third-order valence-corrected chi connectivity index (χ3v) is 9.26. The van der Waals surface area contributed by atoms with E-state index in [1.807, 2.05) is 28.5 Å². The molecule has 0 unspecified atom stereocenters. The summed E-state index contributed by atoms with van der Waals surface area (Å²) in [6, 6.07) is 4.66. The number of hydrogen-bond acceptors (Lipinski definition) is 3. The smallest absolute Gasteiger partial charge is 0.309 e. The lowest BCUT2D eigenvalue weighted by atomic mass is 9.53. The maximum absolute atomic E-state index is 14.7. The highest BCUT2D eigenvalue weighted by Gasteiger charge is 2.53. The van der Waals surface area contributed by atoms with Crippen LogP contribution >= 0.6 is 11.6 Å². The molecule has 2 heterocycles. The number of fused-ring (bicyclic) bond motifs is 4. The number of carboxylic acids is 1. The number of carbonyl (C=O) groups is 2. The Morgan fingerprint density at radius 1 is 1.22 bits per heavy atom. The Hall–Kier alpha value is -2.93. The molecule has 0 spiro atoms. The van der Waals surface area contributed by atoms with E-state index in [0.29, 0.717) is 61.6 Å². The number of hydrogen-bond donors (Lipinski definition) is 1. The number of aliphatic imine (C=N–C) groups is 1. The van der Waals surface area contributed by atoms with Crippen LogP contribution in [0.5, 0.6) is 0 Å². The summed E-state index contributed by atoms with van der Waals surface area (Å²) in [6.07, 6.45) is 9.49. The standard InChI is InChI=1S/C29H33ClFN3O3/c1-3-4-22-21-7-14-33(25(35)16-28-8-11-29(12-9-28,13-10-28)27(36)37)18-24(21)34(26(22)32-2)17-19-5-6-20(30)15-23(19)31/h3-6,15H,2,7-14,16-18H2,1H3,(H,36,37)/b4-3-. The second-order valence-corrected chi connectivity index (χ2v) is 11.4. The molecule has 2 bridgehead atoms. The highest BCUT2D eigenvalue weighted by Crippen LogP contribution is 2.58. The van der Waals surface area contributed by atoms with Crippen LogP contribution in [0.15, 0.2) is 29.3 Å². The van der Waals surface area contributed by atoms with Crippen molar-refractivity contribution < 1.29 is 19.1 Å². The van der Waals surface area contributed by atoms with Gasteiger partial charge in [-0.1, -0.05) is 29.8 Å². The van der Waals surface area contributed by atoms with Crippen LogP contribution in [-0.2, 0) is 29.1 Å². The first-order valence-corrected chi connectivity index (χ1v) is 13.4. The zero-order valence-corrected chi connectivity index (χ0v) is 22.0. The Morgan fingerprint density at radius 3 is 2.51 bits per heavy atom. The predicted octanol–water partition coefficient (Wildman–Crippen LogP) is 6.39. The summed E-state index contributed by atoms with van der Waals surface area (Å²) in [5, 5.41) is 10.0. The predicted molar refractivity (Wildman–Crippen MR) is 143 cm³/mol. The van der Waals surface area contributed by atoms with E-state index in [1.54, 1.807) is 12.1 Å². The average Bonchev–Trinajstić information content (AvgIpc) is 3.18. The van der Waals surface area contributed by atoms with E-state index in [4.69, 9.17) is 11.6 Å². The zero-order chi connectivity index (χ0) is 26.4. The van der Waals surface area contributed by atoms with Gasteiger partial charge in [0.05, 0.1) is 18.5 Å². The summed E-state index contributed by atoms with van der Waals surface area (Å²) in [6.45, 7) is 7.04. The first-order valence-electron chi connectivity index (χ1n) is 13.0. The van der Waals surface area contributed by atoms with Crippen LogP contribution in [0.4, 0.5) is 10.2 Å². The monoisotopic (exact) mass is 525 g/mol. The quantitative estimate of drug-likeness (QED) is 0.425. The third-order valence-electron chi connectivity index (χ3n) is 9.03. The fourth-order valence-corrected chi connectivity index (χ4v) is 6.85. The van der Waals surface area contributed by atoms with Gasteiger partial charge in [-0.2, -0.15) is 0 Å². The van der Waals surface area contributed by atoms with Gasteiger partial charge in [-0.05, 0) is 81.7 Å². The van der Waals surface area contributed by atoms with Crippen molar-refractivity contribution in [2.45, 2.75) is 71.4 Å². The molecule has 1 amide bonds. The normalized spacial score (nSPS) is 24.9. The zero-order valence-electron chi connectivity index (χ0n) is 21.2. The first kappa shape index (κ1) is 25.7. The molecule has 1 aromatic carbocycles. The van der Waals surface area contributed by atoms with Gasteiger partial charge in [0.1, 0.15) is 11.6 Å². The maximum Gasteiger partial charge on any atom is 0.309 e. The third kappa shape index (κ3) is 4.52. The molecule has 4 aliphatic rings. The summed E-state index contributed by atoms with van der Waals surface area (Å²) >= 11 is 5.96. The molecule has 3 fully saturated rings. The van der Waals surface area contributed by atoms with Gasteiger partial charge in [-0.15, -0.1) is 0 Å². The molecular weight excluding hydrogens is 493 g/mol. The Morgan fingerprint density at radius 2 is 1.92 bits per heavy atom. The number of aliphatic carboxylic acids is 1. The Labute approximate surface area is 221 Å². The van der Waals surface area contributed by atoms with Gasteiger partial charge in [0, 0.05) is 34.8 Å². The molecule has 0 atom stereocenters. The van der Waals surface area contributed by atoms with Crippen LogP contribution in [0.1, 0.15) is 74.3 Å². The number of carbonyl (C=O) groups excluding carboxylic acids is 1. The molecule has 0 radical (unpaired) electrons. The van der Waals surface area contributed by atoms with E-state index in [1.165, 1.54) is 6.07 Å². The molecule has 3 saturated carbocycles. The Kier molecular flexibility index (Phi) is 6.77. The van der Waals surface area contributed by atoms with Crippen molar-refractivity contribution in [1.82, 2.24) is 9.47 Å². The van der Waals surface area contributed by atoms with Crippen LogP contribution in [-0.4, -0.2) is 39.7 Å². The fraction of sp³-hybridized carbons (Fsp3) is 0.483. The van der Waals surface area contributed by atoms with Gasteiger partial charge in [-0.25, -0.2) is 9.38 Å². The number of benzene rings is 1. The summed E-state index contributed by atoms with van der Waals surface area (Å²) < 4.78 is 16.7. The lowest BCUT2D eigenvalue weighted by Crippen LogP contribution is -2.48. The van der Waals surface area contributed by atoms with Crippen molar-refractivity contribution in [2.75, 3.05) is 6.54 Å². The highest BCUT2D eigenvalue weighted by atomic mass is 35.5. The number of halogens is 2. The highest BCUT2D eigenvalue weighted by molar-refractivity contribution is 6.30. The maximum atomic E-state index is 14.7. The van der Waals surface area contributed by atoms with E-state index in [0.717, 1.165) is 36.1 Å². The van der Waals surface area contributed by atoms with Gasteiger partial charge in [0.2, 0.25) is 5.91 Å². The molecule has 0 saturated heterocycles. The van der Waals surface area contributed by atoms with Gasteiger partial charge in [-0.3, -0.25) is 9.59 Å². The Bertz CT molecular complexity index is 1270. The largest absolute Gasteiger partial charge is 0.481 e. The molecular formula is C29H33ClFN3O3. The number of carboxylic acid groups (broad SMARTS) is 1. The van der Waals surface area contributed by atoms with Crippen LogP contribution < -0.4 is 0 Å². The molecule has 8 heteroatoms.